The van der Waals surface area contributed by atoms with E-state index in [9.17, 15) is 14.4 Å². The number of urea groups is 1. The number of hydrogen-bond acceptors (Lipinski definition) is 3. The topological polar surface area (TPSA) is 66.5 Å². The molecule has 104 valence electrons. The summed E-state index contributed by atoms with van der Waals surface area (Å²) in [5.74, 6) is -0.500. The van der Waals surface area contributed by atoms with Gasteiger partial charge in [-0.1, -0.05) is 24.3 Å². The van der Waals surface area contributed by atoms with Gasteiger partial charge < -0.3 is 5.32 Å². The van der Waals surface area contributed by atoms with Crippen LogP contribution in [0.15, 0.2) is 24.3 Å². The second kappa shape index (κ2) is 4.44. The molecule has 1 aliphatic heterocycles. The first-order valence-corrected chi connectivity index (χ1v) is 6.76. The van der Waals surface area contributed by atoms with Crippen molar-refractivity contribution < 1.29 is 14.4 Å². The lowest BCUT2D eigenvalue weighted by Crippen LogP contribution is -2.46. The summed E-state index contributed by atoms with van der Waals surface area (Å²) in [5.41, 5.74) is 0.995. The maximum Gasteiger partial charge on any atom is 0.325 e. The van der Waals surface area contributed by atoms with Crippen molar-refractivity contribution in [2.75, 3.05) is 6.54 Å². The van der Waals surface area contributed by atoms with Crippen LogP contribution in [-0.4, -0.2) is 29.2 Å². The Labute approximate surface area is 116 Å². The molecule has 20 heavy (non-hydrogen) atoms. The molecule has 0 bridgehead atoms. The van der Waals surface area contributed by atoms with Gasteiger partial charge >= 0.3 is 6.03 Å². The summed E-state index contributed by atoms with van der Waals surface area (Å²) < 4.78 is 0. The number of rotatable bonds is 2. The van der Waals surface area contributed by atoms with E-state index in [1.165, 1.54) is 6.92 Å². The third-order valence-electron chi connectivity index (χ3n) is 4.03. The van der Waals surface area contributed by atoms with Crippen LogP contribution >= 0.6 is 0 Å². The van der Waals surface area contributed by atoms with Gasteiger partial charge in [0.15, 0.2) is 0 Å². The number of ketones is 1. The Hall–Kier alpha value is -2.17. The Bertz CT molecular complexity index is 611. The predicted octanol–water partition coefficient (Wildman–Crippen LogP) is 1.36. The molecule has 1 aromatic rings. The molecule has 1 aliphatic carbocycles. The number of Topliss-reactive ketones (excluding diaryl/α,β-unsaturated/α-hetero) is 1. The van der Waals surface area contributed by atoms with Crippen LogP contribution in [0.5, 0.6) is 0 Å². The number of carbonyl (C=O) groups excluding carboxylic acids is 3. The SMILES string of the molecule is CC(=O)CN1C(=O)N[C@]2(CCCc3ccccc32)C1=O. The third kappa shape index (κ3) is 1.73. The van der Waals surface area contributed by atoms with Crippen LogP contribution in [0.4, 0.5) is 4.79 Å². The van der Waals surface area contributed by atoms with Crippen LogP contribution in [0, 0.1) is 0 Å². The molecular formula is C15H16N2O3. The first-order chi connectivity index (χ1) is 9.54. The van der Waals surface area contributed by atoms with Crippen molar-refractivity contribution in [3.05, 3.63) is 35.4 Å². The summed E-state index contributed by atoms with van der Waals surface area (Å²) in [5, 5.41) is 2.82. The lowest BCUT2D eigenvalue weighted by Gasteiger charge is -2.33. The monoisotopic (exact) mass is 272 g/mol. The number of nitrogens with zero attached hydrogens (tertiary/aromatic N) is 1. The molecule has 0 radical (unpaired) electrons. The number of amides is 3. The highest BCUT2D eigenvalue weighted by atomic mass is 16.2. The van der Waals surface area contributed by atoms with Gasteiger partial charge in [0, 0.05) is 0 Å². The van der Waals surface area contributed by atoms with E-state index in [0.29, 0.717) is 6.42 Å². The smallest absolute Gasteiger partial charge is 0.319 e. The lowest BCUT2D eigenvalue weighted by molar-refractivity contribution is -0.134. The Balaban J connectivity index is 2.05. The van der Waals surface area contributed by atoms with Crippen molar-refractivity contribution in [1.82, 2.24) is 10.2 Å². The first kappa shape index (κ1) is 12.8. The van der Waals surface area contributed by atoms with Crippen LogP contribution < -0.4 is 5.32 Å². The number of nitrogens with one attached hydrogen (secondary N) is 1. The lowest BCUT2D eigenvalue weighted by atomic mass is 9.76. The maximum atomic E-state index is 12.7. The summed E-state index contributed by atoms with van der Waals surface area (Å²) in [6, 6.07) is 7.22. The van der Waals surface area contributed by atoms with Crippen molar-refractivity contribution in [3.8, 4) is 0 Å². The zero-order valence-electron chi connectivity index (χ0n) is 11.3. The zero-order valence-corrected chi connectivity index (χ0v) is 11.3. The molecular weight excluding hydrogens is 256 g/mol. The van der Waals surface area contributed by atoms with Gasteiger partial charge in [-0.05, 0) is 37.3 Å². The van der Waals surface area contributed by atoms with Crippen LogP contribution in [0.2, 0.25) is 0 Å². The van der Waals surface area contributed by atoms with Gasteiger partial charge in [0.2, 0.25) is 0 Å². The van der Waals surface area contributed by atoms with Crippen molar-refractivity contribution in [3.63, 3.8) is 0 Å². The number of benzene rings is 1. The highest BCUT2D eigenvalue weighted by molar-refractivity contribution is 6.09. The summed E-state index contributed by atoms with van der Waals surface area (Å²) in [7, 11) is 0. The summed E-state index contributed by atoms with van der Waals surface area (Å²) in [4.78, 5) is 37.0. The standard InChI is InChI=1S/C15H16N2O3/c1-10(18)9-17-13(19)15(16-14(17)20)8-4-6-11-5-2-3-7-12(11)15/h2-3,5,7H,4,6,8-9H2,1H3,(H,16,20)/t15-/m0/s1. The molecule has 1 N–H and O–H groups in total. The van der Waals surface area contributed by atoms with Crippen LogP contribution in [0.3, 0.4) is 0 Å². The van der Waals surface area contributed by atoms with Gasteiger partial charge in [0.25, 0.3) is 5.91 Å². The molecule has 1 aromatic carbocycles. The van der Waals surface area contributed by atoms with E-state index >= 15 is 0 Å². The minimum absolute atomic E-state index is 0.158. The third-order valence-corrected chi connectivity index (χ3v) is 4.03. The Morgan fingerprint density at radius 2 is 2.10 bits per heavy atom. The molecule has 3 rings (SSSR count). The average Bonchev–Trinajstić information content (AvgIpc) is 2.64. The summed E-state index contributed by atoms with van der Waals surface area (Å²) in [6.45, 7) is 1.22. The molecule has 3 amide bonds. The molecule has 5 heteroatoms. The fraction of sp³-hybridized carbons (Fsp3) is 0.400. The van der Waals surface area contributed by atoms with E-state index in [1.54, 1.807) is 0 Å². The second-order valence-electron chi connectivity index (χ2n) is 5.44. The van der Waals surface area contributed by atoms with Crippen molar-refractivity contribution >= 4 is 17.7 Å². The molecule has 5 nitrogen and oxygen atoms in total. The van der Waals surface area contributed by atoms with E-state index in [0.717, 1.165) is 28.9 Å². The van der Waals surface area contributed by atoms with Crippen molar-refractivity contribution in [2.24, 2.45) is 0 Å². The Kier molecular flexibility index (Phi) is 2.85. The molecule has 0 saturated carbocycles. The normalized spacial score (nSPS) is 24.8. The molecule has 1 spiro atoms. The molecule has 0 aromatic heterocycles. The van der Waals surface area contributed by atoms with Gasteiger partial charge in [-0.3, -0.25) is 14.5 Å². The number of hydrogen-bond donors (Lipinski definition) is 1. The van der Waals surface area contributed by atoms with Crippen molar-refractivity contribution in [1.29, 1.82) is 0 Å². The van der Waals surface area contributed by atoms with Gasteiger partial charge in [0.05, 0.1) is 6.54 Å². The average molecular weight is 272 g/mol. The molecule has 1 heterocycles. The first-order valence-electron chi connectivity index (χ1n) is 6.76. The minimum Gasteiger partial charge on any atom is -0.319 e. The van der Waals surface area contributed by atoms with E-state index in [-0.39, 0.29) is 18.2 Å². The van der Waals surface area contributed by atoms with E-state index < -0.39 is 11.6 Å². The molecule has 2 aliphatic rings. The zero-order chi connectivity index (χ0) is 14.3. The van der Waals surface area contributed by atoms with Crippen LogP contribution in [0.25, 0.3) is 0 Å². The van der Waals surface area contributed by atoms with Crippen molar-refractivity contribution in [2.45, 2.75) is 31.7 Å². The summed E-state index contributed by atoms with van der Waals surface area (Å²) >= 11 is 0. The number of fused-ring (bicyclic) bond motifs is 2. The molecule has 1 saturated heterocycles. The quantitative estimate of drug-likeness (QED) is 0.827. The molecule has 1 atom stereocenters. The van der Waals surface area contributed by atoms with Crippen LogP contribution in [-0.2, 0) is 21.5 Å². The fourth-order valence-corrected chi connectivity index (χ4v) is 3.18. The van der Waals surface area contributed by atoms with E-state index in [1.807, 2.05) is 24.3 Å². The minimum atomic E-state index is -0.971. The second-order valence-corrected chi connectivity index (χ2v) is 5.44. The molecule has 0 unspecified atom stereocenters. The molecule has 1 fully saturated rings. The predicted molar refractivity (Wildman–Crippen MR) is 72.0 cm³/mol. The number of carbonyl (C=O) groups is 3. The highest BCUT2D eigenvalue weighted by Gasteiger charge is 2.53. The van der Waals surface area contributed by atoms with Gasteiger partial charge in [-0.2, -0.15) is 0 Å². The number of aryl methyl sites for hydroxylation is 1. The van der Waals surface area contributed by atoms with Gasteiger partial charge in [-0.15, -0.1) is 0 Å². The summed E-state index contributed by atoms with van der Waals surface area (Å²) in [6.07, 6.45) is 2.34. The fourth-order valence-electron chi connectivity index (χ4n) is 3.18. The maximum absolute atomic E-state index is 12.7. The largest absolute Gasteiger partial charge is 0.325 e. The Morgan fingerprint density at radius 3 is 2.85 bits per heavy atom. The highest BCUT2D eigenvalue weighted by Crippen LogP contribution is 2.39. The number of imide groups is 1. The van der Waals surface area contributed by atoms with Crippen LogP contribution in [0.1, 0.15) is 30.9 Å². The van der Waals surface area contributed by atoms with Gasteiger partial charge in [-0.25, -0.2) is 4.79 Å². The van der Waals surface area contributed by atoms with E-state index in [4.69, 9.17) is 0 Å². The van der Waals surface area contributed by atoms with E-state index in [2.05, 4.69) is 5.32 Å². The Morgan fingerprint density at radius 1 is 1.35 bits per heavy atom. The van der Waals surface area contributed by atoms with Gasteiger partial charge in [0.1, 0.15) is 11.3 Å².